The highest BCUT2D eigenvalue weighted by Gasteiger charge is 2.36. The molecular weight excluding hydrogens is 644 g/mol. The van der Waals surface area contributed by atoms with Crippen LogP contribution in [0.25, 0.3) is 44.6 Å². The topological polar surface area (TPSA) is 100 Å². The van der Waals surface area contributed by atoms with Gasteiger partial charge in [0.05, 0.1) is 11.1 Å². The summed E-state index contributed by atoms with van der Waals surface area (Å²) in [5, 5.41) is 18.6. The summed E-state index contributed by atoms with van der Waals surface area (Å²) in [5.41, 5.74) is 5.63. The maximum absolute atomic E-state index is 13.4. The lowest BCUT2D eigenvalue weighted by Gasteiger charge is -2.09. The molecule has 0 aromatic heterocycles. The van der Waals surface area contributed by atoms with Crippen LogP contribution in [0.3, 0.4) is 0 Å². The zero-order valence-corrected chi connectivity index (χ0v) is 26.2. The first-order valence-electron chi connectivity index (χ1n) is 14.5. The van der Waals surface area contributed by atoms with Crippen LogP contribution in [-0.4, -0.2) is 32.8 Å². The third-order valence-corrected chi connectivity index (χ3v) is 7.15. The molecule has 252 valence electrons. The number of alkyl halides is 6. The van der Waals surface area contributed by atoms with E-state index in [-0.39, 0.29) is 10.7 Å². The highest BCUT2D eigenvalue weighted by molar-refractivity contribution is 6.27. The van der Waals surface area contributed by atoms with E-state index >= 15 is 0 Å². The summed E-state index contributed by atoms with van der Waals surface area (Å²) < 4.78 is 100.0. The van der Waals surface area contributed by atoms with E-state index in [1.54, 1.807) is 50.2 Å². The Morgan fingerprint density at radius 2 is 0.958 bits per heavy atom. The molecule has 2 aromatic rings. The number of nitrogens with one attached hydrogen (secondary N) is 2. The maximum atomic E-state index is 13.4. The van der Waals surface area contributed by atoms with Crippen molar-refractivity contribution in [2.24, 2.45) is 0 Å². The Morgan fingerprint density at radius 1 is 0.604 bits per heavy atom. The van der Waals surface area contributed by atoms with Crippen molar-refractivity contribution in [2.75, 3.05) is 13.3 Å². The molecule has 0 radical (unpaired) electrons. The number of rotatable bonds is 4. The second-order valence-corrected chi connectivity index (χ2v) is 11.1. The Hall–Kier alpha value is -4.69. The molecule has 0 unspecified atom stereocenters. The van der Waals surface area contributed by atoms with Crippen molar-refractivity contribution in [2.45, 2.75) is 39.8 Å². The summed E-state index contributed by atoms with van der Waals surface area (Å²) in [5.74, 6) is 0.943. The smallest absolute Gasteiger partial charge is 0.484 e. The minimum Gasteiger partial charge on any atom is -0.867 e. The molecule has 0 amide bonds. The van der Waals surface area contributed by atoms with E-state index in [4.69, 9.17) is 18.9 Å². The highest BCUT2D eigenvalue weighted by Crippen LogP contribution is 2.27. The summed E-state index contributed by atoms with van der Waals surface area (Å²) in [4.78, 5) is 3.98. The Bertz CT molecular complexity index is 1980. The number of hydrogen-bond donors (Lipinski definition) is 2. The van der Waals surface area contributed by atoms with Crippen molar-refractivity contribution < 1.29 is 59.5 Å². The van der Waals surface area contributed by atoms with Gasteiger partial charge < -0.3 is 23.2 Å². The van der Waals surface area contributed by atoms with Gasteiger partial charge in [0.15, 0.2) is 0 Å². The summed E-state index contributed by atoms with van der Waals surface area (Å²) >= 11 is 0. The van der Waals surface area contributed by atoms with Gasteiger partial charge in [-0.25, -0.2) is 8.78 Å². The van der Waals surface area contributed by atoms with Gasteiger partial charge in [0, 0.05) is 21.9 Å². The van der Waals surface area contributed by atoms with E-state index in [9.17, 15) is 30.7 Å². The average Bonchev–Trinajstić information content (AvgIpc) is 3.02. The number of aryl methyl sites for hydroxylation is 4. The minimum atomic E-state index is -3.61. The molecular formula is C34H30BF7N2O4. The highest BCUT2D eigenvalue weighted by atomic mass is 19.3. The Balaban J connectivity index is 0.000000195. The summed E-state index contributed by atoms with van der Waals surface area (Å²) in [6, 6.07) is 14.5. The van der Waals surface area contributed by atoms with Gasteiger partial charge >= 0.3 is 12.1 Å². The standard InChI is InChI=1S/2C17H14F3NO.BFO2/c2*1-10-3-5-14-12(7-10)8-13-15(22-14)6-4-11(2)16(13)21-17(19,20)9-18;2-1(3)4/h2*3-8H,9H2,1-2H3;/q;;-2/p+2. The molecule has 6 rings (SSSR count). The Kier molecular flexibility index (Phi) is 11.0. The van der Waals surface area contributed by atoms with Gasteiger partial charge in [-0.2, -0.15) is 9.98 Å². The van der Waals surface area contributed by atoms with Crippen molar-refractivity contribution in [1.29, 1.82) is 0 Å². The van der Waals surface area contributed by atoms with E-state index in [1.807, 2.05) is 60.2 Å². The molecule has 0 spiro atoms. The molecule has 14 heteroatoms. The molecule has 2 aliphatic heterocycles. The van der Waals surface area contributed by atoms with Crippen LogP contribution in [0, 0.1) is 27.7 Å². The lowest BCUT2D eigenvalue weighted by molar-refractivity contribution is -0.665. The first-order valence-corrected chi connectivity index (χ1v) is 14.5. The van der Waals surface area contributed by atoms with Crippen molar-refractivity contribution in [3.05, 3.63) is 106 Å². The molecule has 2 heterocycles. The van der Waals surface area contributed by atoms with Crippen molar-refractivity contribution in [3.8, 4) is 22.6 Å². The molecule has 0 bridgehead atoms. The number of benzene rings is 4. The fraction of sp³-hybridized carbons (Fsp3) is 0.235. The maximum Gasteiger partial charge on any atom is 0.484 e. The van der Waals surface area contributed by atoms with Crippen LogP contribution in [0.5, 0.6) is 0 Å². The van der Waals surface area contributed by atoms with Crippen LogP contribution in [0.2, 0.25) is 0 Å². The predicted molar refractivity (Wildman–Crippen MR) is 162 cm³/mol. The largest absolute Gasteiger partial charge is 0.867 e. The van der Waals surface area contributed by atoms with Crippen LogP contribution in [0.4, 0.5) is 30.7 Å². The predicted octanol–water partition coefficient (Wildman–Crippen LogP) is 3.06. The first-order chi connectivity index (χ1) is 22.5. The minimum absolute atomic E-state index is 0.187. The second-order valence-electron chi connectivity index (χ2n) is 11.1. The third kappa shape index (κ3) is 8.81. The molecule has 0 fully saturated rings. The number of hydrogen-bond acceptors (Lipinski definition) is 4. The number of halogens is 7. The zero-order chi connectivity index (χ0) is 35.4. The zero-order valence-electron chi connectivity index (χ0n) is 26.2. The van der Waals surface area contributed by atoms with E-state index in [1.165, 1.54) is 0 Å². The molecule has 6 nitrogen and oxygen atoms in total. The van der Waals surface area contributed by atoms with Gasteiger partial charge in [0.2, 0.25) is 24.1 Å². The fourth-order valence-electron chi connectivity index (χ4n) is 4.94. The molecule has 4 aliphatic rings. The average molecular weight is 674 g/mol. The van der Waals surface area contributed by atoms with E-state index in [0.29, 0.717) is 44.9 Å². The van der Waals surface area contributed by atoms with Crippen LogP contribution in [-0.2, 0) is 0 Å². The van der Waals surface area contributed by atoms with Gasteiger partial charge in [-0.3, -0.25) is 0 Å². The fourth-order valence-corrected chi connectivity index (χ4v) is 4.94. The van der Waals surface area contributed by atoms with Crippen LogP contribution >= 0.6 is 0 Å². The molecule has 2 aliphatic carbocycles. The Morgan fingerprint density at radius 3 is 1.29 bits per heavy atom. The molecule has 0 saturated heterocycles. The molecule has 0 saturated carbocycles. The van der Waals surface area contributed by atoms with E-state index < -0.39 is 32.8 Å². The lowest BCUT2D eigenvalue weighted by atomic mass is 10.0. The van der Waals surface area contributed by atoms with Crippen LogP contribution in [0.1, 0.15) is 22.3 Å². The Labute approximate surface area is 270 Å². The van der Waals surface area contributed by atoms with Crippen LogP contribution in [0.15, 0.2) is 81.6 Å². The van der Waals surface area contributed by atoms with E-state index in [0.717, 1.165) is 21.9 Å². The van der Waals surface area contributed by atoms with Gasteiger partial charge in [-0.15, -0.1) is 17.6 Å². The summed E-state index contributed by atoms with van der Waals surface area (Å²) in [6.07, 6.45) is 0. The second kappa shape index (κ2) is 14.6. The molecule has 2 aromatic carbocycles. The third-order valence-electron chi connectivity index (χ3n) is 7.15. The SMILES string of the molecule is Cc1ccc2oc3ccc(C)c(=[NH+]C(F)(F)CF)c-3cc2c1.Cc1ccc2oc3ccc(C)c(=[NH+]C(F)(F)CF)c-3cc2c1.[O-]B([O-])F. The normalized spacial score (nSPS) is 12.7. The van der Waals surface area contributed by atoms with Crippen molar-refractivity contribution in [3.63, 3.8) is 0 Å². The first kappa shape index (κ1) is 36.2. The van der Waals surface area contributed by atoms with Gasteiger partial charge in [-0.05, 0) is 88.4 Å². The van der Waals surface area contributed by atoms with E-state index in [2.05, 4.69) is 0 Å². The van der Waals surface area contributed by atoms with Crippen molar-refractivity contribution in [1.82, 2.24) is 0 Å². The van der Waals surface area contributed by atoms with Gasteiger partial charge in [0.25, 0.3) is 0 Å². The molecule has 2 N–H and O–H groups in total. The van der Waals surface area contributed by atoms with Gasteiger partial charge in [-0.1, -0.05) is 23.3 Å². The monoisotopic (exact) mass is 674 g/mol. The number of fused-ring (bicyclic) bond motifs is 4. The molecule has 0 atom stereocenters. The lowest BCUT2D eigenvalue weighted by Crippen LogP contribution is -2.88. The van der Waals surface area contributed by atoms with Crippen molar-refractivity contribution >= 4 is 29.3 Å². The quantitative estimate of drug-likeness (QED) is 0.130. The summed E-state index contributed by atoms with van der Waals surface area (Å²) in [6.45, 7) is 3.72. The molecule has 48 heavy (non-hydrogen) atoms. The summed E-state index contributed by atoms with van der Waals surface area (Å²) in [7, 11) is -3.17. The van der Waals surface area contributed by atoms with Gasteiger partial charge in [0.1, 0.15) is 30.1 Å². The van der Waals surface area contributed by atoms with Crippen LogP contribution < -0.4 is 30.7 Å².